The predicted molar refractivity (Wildman–Crippen MR) is 68.4 cm³/mol. The summed E-state index contributed by atoms with van der Waals surface area (Å²) in [7, 11) is 0. The standard InChI is InChI=1S/C13H12F3N3O2/c1-13(15,16)21-9-4-2-8(3-5-9)7-20-12-18-6-10(14)11(17)19-12/h2-6H,7H2,1H3,(H2,17,18,19). The highest BCUT2D eigenvalue weighted by atomic mass is 19.3. The molecule has 0 aliphatic carbocycles. The number of nitrogen functional groups attached to an aromatic ring is 1. The number of hydrogen-bond acceptors (Lipinski definition) is 5. The topological polar surface area (TPSA) is 70.3 Å². The highest BCUT2D eigenvalue weighted by molar-refractivity contribution is 5.30. The van der Waals surface area contributed by atoms with Gasteiger partial charge in [0, 0.05) is 6.92 Å². The van der Waals surface area contributed by atoms with Gasteiger partial charge in [-0.2, -0.15) is 13.8 Å². The Morgan fingerprint density at radius 1 is 1.24 bits per heavy atom. The molecule has 8 heteroatoms. The maximum absolute atomic E-state index is 12.9. The van der Waals surface area contributed by atoms with Gasteiger partial charge < -0.3 is 15.2 Å². The van der Waals surface area contributed by atoms with Crippen molar-refractivity contribution in [3.05, 3.63) is 41.8 Å². The fourth-order valence-corrected chi connectivity index (χ4v) is 1.44. The van der Waals surface area contributed by atoms with Crippen LogP contribution < -0.4 is 15.2 Å². The van der Waals surface area contributed by atoms with Crippen molar-refractivity contribution in [2.75, 3.05) is 5.73 Å². The van der Waals surface area contributed by atoms with E-state index >= 15 is 0 Å². The van der Waals surface area contributed by atoms with Crippen molar-refractivity contribution in [2.45, 2.75) is 19.6 Å². The Morgan fingerprint density at radius 2 is 1.90 bits per heavy atom. The zero-order chi connectivity index (χ0) is 15.5. The molecule has 0 saturated heterocycles. The van der Waals surface area contributed by atoms with Gasteiger partial charge >= 0.3 is 12.1 Å². The zero-order valence-electron chi connectivity index (χ0n) is 11.0. The lowest BCUT2D eigenvalue weighted by Gasteiger charge is -2.13. The van der Waals surface area contributed by atoms with Gasteiger partial charge in [0.25, 0.3) is 0 Å². The zero-order valence-corrected chi connectivity index (χ0v) is 11.0. The molecule has 2 aromatic rings. The molecule has 0 bridgehead atoms. The lowest BCUT2D eigenvalue weighted by Crippen LogP contribution is -2.19. The number of hydrogen-bond donors (Lipinski definition) is 1. The van der Waals surface area contributed by atoms with Gasteiger partial charge in [0.2, 0.25) is 0 Å². The number of nitrogens with two attached hydrogens (primary N) is 1. The molecule has 21 heavy (non-hydrogen) atoms. The minimum atomic E-state index is -3.24. The number of alkyl halides is 2. The first-order chi connectivity index (χ1) is 9.83. The van der Waals surface area contributed by atoms with E-state index in [1.807, 2.05) is 0 Å². The van der Waals surface area contributed by atoms with Crippen LogP contribution in [0.1, 0.15) is 12.5 Å². The molecule has 0 spiro atoms. The van der Waals surface area contributed by atoms with Gasteiger partial charge in [0.1, 0.15) is 12.4 Å². The van der Waals surface area contributed by atoms with Gasteiger partial charge in [-0.15, -0.1) is 0 Å². The fraction of sp³-hybridized carbons (Fsp3) is 0.231. The summed E-state index contributed by atoms with van der Waals surface area (Å²) >= 11 is 0. The summed E-state index contributed by atoms with van der Waals surface area (Å²) in [5, 5.41) is 0. The molecule has 1 aromatic carbocycles. The summed E-state index contributed by atoms with van der Waals surface area (Å²) in [6, 6.07) is 5.79. The maximum Gasteiger partial charge on any atom is 0.394 e. The summed E-state index contributed by atoms with van der Waals surface area (Å²) in [5.41, 5.74) is 5.95. The quantitative estimate of drug-likeness (QED) is 0.919. The van der Waals surface area contributed by atoms with Crippen LogP contribution >= 0.6 is 0 Å². The number of nitrogens with zero attached hydrogens (tertiary/aromatic N) is 2. The molecule has 1 heterocycles. The molecule has 0 saturated carbocycles. The van der Waals surface area contributed by atoms with Crippen LogP contribution in [0.4, 0.5) is 19.0 Å². The van der Waals surface area contributed by atoms with E-state index in [-0.39, 0.29) is 24.2 Å². The van der Waals surface area contributed by atoms with E-state index in [0.717, 1.165) is 6.20 Å². The molecule has 0 amide bonds. The smallest absolute Gasteiger partial charge is 0.394 e. The summed E-state index contributed by atoms with van der Waals surface area (Å²) in [5.74, 6) is -1.01. The molecular formula is C13H12F3N3O2. The lowest BCUT2D eigenvalue weighted by atomic mass is 10.2. The minimum Gasteiger partial charge on any atom is -0.459 e. The third kappa shape index (κ3) is 4.51. The second-order valence-electron chi connectivity index (χ2n) is 4.23. The molecule has 5 nitrogen and oxygen atoms in total. The molecule has 2 rings (SSSR count). The number of aromatic nitrogens is 2. The van der Waals surface area contributed by atoms with Crippen LogP contribution in [0.25, 0.3) is 0 Å². The van der Waals surface area contributed by atoms with Crippen LogP contribution in [0.2, 0.25) is 0 Å². The van der Waals surface area contributed by atoms with Crippen LogP contribution in [0.15, 0.2) is 30.5 Å². The van der Waals surface area contributed by atoms with Crippen LogP contribution in [-0.2, 0) is 6.61 Å². The van der Waals surface area contributed by atoms with Crippen molar-refractivity contribution in [2.24, 2.45) is 0 Å². The van der Waals surface area contributed by atoms with Gasteiger partial charge in [0.15, 0.2) is 11.6 Å². The normalized spacial score (nSPS) is 11.2. The molecule has 0 unspecified atom stereocenters. The van der Waals surface area contributed by atoms with Gasteiger partial charge in [-0.1, -0.05) is 12.1 Å². The van der Waals surface area contributed by atoms with E-state index in [1.54, 1.807) is 12.1 Å². The molecule has 0 aliphatic heterocycles. The Morgan fingerprint density at radius 3 is 2.48 bits per heavy atom. The largest absolute Gasteiger partial charge is 0.459 e. The van der Waals surface area contributed by atoms with Crippen LogP contribution in [0.5, 0.6) is 11.8 Å². The number of anilines is 1. The first kappa shape index (κ1) is 14.9. The number of halogens is 3. The van der Waals surface area contributed by atoms with Crippen LogP contribution in [0.3, 0.4) is 0 Å². The summed E-state index contributed by atoms with van der Waals surface area (Å²) in [6.45, 7) is 0.730. The van der Waals surface area contributed by atoms with E-state index < -0.39 is 11.9 Å². The lowest BCUT2D eigenvalue weighted by molar-refractivity contribution is -0.158. The Hall–Kier alpha value is -2.51. The van der Waals surface area contributed by atoms with Crippen molar-refractivity contribution < 1.29 is 22.6 Å². The van der Waals surface area contributed by atoms with Crippen LogP contribution in [-0.4, -0.2) is 16.1 Å². The summed E-state index contributed by atoms with van der Waals surface area (Å²) < 4.78 is 47.7. The second kappa shape index (κ2) is 5.86. The van der Waals surface area contributed by atoms with Crippen molar-refractivity contribution in [3.63, 3.8) is 0 Å². The molecular weight excluding hydrogens is 287 g/mol. The minimum absolute atomic E-state index is 0.0357. The van der Waals surface area contributed by atoms with Crippen LogP contribution in [0, 0.1) is 5.82 Å². The number of ether oxygens (including phenoxy) is 2. The predicted octanol–water partition coefficient (Wildman–Crippen LogP) is 2.77. The third-order valence-electron chi connectivity index (χ3n) is 2.34. The Balaban J connectivity index is 1.96. The monoisotopic (exact) mass is 299 g/mol. The highest BCUT2D eigenvalue weighted by Crippen LogP contribution is 2.21. The molecule has 0 fully saturated rings. The Kier molecular flexibility index (Phi) is 4.15. The van der Waals surface area contributed by atoms with Crippen molar-refractivity contribution in [3.8, 4) is 11.8 Å². The Bertz CT molecular complexity index is 615. The molecule has 2 N–H and O–H groups in total. The van der Waals surface area contributed by atoms with E-state index in [1.165, 1.54) is 12.1 Å². The number of rotatable bonds is 5. The summed E-state index contributed by atoms with van der Waals surface area (Å²) in [4.78, 5) is 7.21. The van der Waals surface area contributed by atoms with E-state index in [4.69, 9.17) is 10.5 Å². The van der Waals surface area contributed by atoms with Crippen molar-refractivity contribution >= 4 is 5.82 Å². The van der Waals surface area contributed by atoms with E-state index in [9.17, 15) is 13.2 Å². The van der Waals surface area contributed by atoms with E-state index in [0.29, 0.717) is 12.5 Å². The van der Waals surface area contributed by atoms with Gasteiger partial charge in [-0.25, -0.2) is 9.37 Å². The molecule has 1 aromatic heterocycles. The number of benzene rings is 1. The van der Waals surface area contributed by atoms with Gasteiger partial charge in [0.05, 0.1) is 6.20 Å². The Labute approximate surface area is 118 Å². The SMILES string of the molecule is CC(F)(F)Oc1ccc(COc2ncc(F)c(N)n2)cc1. The molecule has 112 valence electrons. The maximum atomic E-state index is 12.9. The van der Waals surface area contributed by atoms with Crippen molar-refractivity contribution in [1.82, 2.24) is 9.97 Å². The average Bonchev–Trinajstić information content (AvgIpc) is 2.40. The van der Waals surface area contributed by atoms with Gasteiger partial charge in [-0.3, -0.25) is 0 Å². The second-order valence-corrected chi connectivity index (χ2v) is 4.23. The molecule has 0 atom stereocenters. The first-order valence-electron chi connectivity index (χ1n) is 5.90. The third-order valence-corrected chi connectivity index (χ3v) is 2.34. The van der Waals surface area contributed by atoms with Crippen molar-refractivity contribution in [1.29, 1.82) is 0 Å². The van der Waals surface area contributed by atoms with Gasteiger partial charge in [-0.05, 0) is 17.7 Å². The highest BCUT2D eigenvalue weighted by Gasteiger charge is 2.22. The molecule has 0 aliphatic rings. The average molecular weight is 299 g/mol. The molecule has 0 radical (unpaired) electrons. The first-order valence-corrected chi connectivity index (χ1v) is 5.90. The summed E-state index contributed by atoms with van der Waals surface area (Å²) in [6.07, 6.45) is -2.34. The fourth-order valence-electron chi connectivity index (χ4n) is 1.44. The van der Waals surface area contributed by atoms with E-state index in [2.05, 4.69) is 14.7 Å².